The lowest BCUT2D eigenvalue weighted by atomic mass is 9.78. The van der Waals surface area contributed by atoms with Gasteiger partial charge in [0.1, 0.15) is 0 Å². The molecule has 2 aliphatic heterocycles. The lowest BCUT2D eigenvalue weighted by Crippen LogP contribution is -2.54. The number of hydrogen-bond donors (Lipinski definition) is 0. The van der Waals surface area contributed by atoms with Gasteiger partial charge in [0.2, 0.25) is 0 Å². The molecule has 0 aliphatic carbocycles. The summed E-state index contributed by atoms with van der Waals surface area (Å²) >= 11 is 0. The predicted molar refractivity (Wildman–Crippen MR) is 76.5 cm³/mol. The van der Waals surface area contributed by atoms with Gasteiger partial charge in [0.15, 0.2) is 0 Å². The molecule has 2 aliphatic rings. The first-order chi connectivity index (χ1) is 8.35. The highest BCUT2D eigenvalue weighted by Gasteiger charge is 2.41. The number of unbranched alkanes of at least 4 members (excludes halogenated alkanes) is 1. The van der Waals surface area contributed by atoms with E-state index in [-0.39, 0.29) is 0 Å². The van der Waals surface area contributed by atoms with Gasteiger partial charge >= 0.3 is 0 Å². The van der Waals surface area contributed by atoms with Crippen molar-refractivity contribution in [3.05, 3.63) is 0 Å². The Bertz CT molecular complexity index is 166. The van der Waals surface area contributed by atoms with Gasteiger partial charge in [0.05, 0.1) is 13.2 Å². The van der Waals surface area contributed by atoms with E-state index in [1.807, 2.05) is 27.7 Å². The van der Waals surface area contributed by atoms with Gasteiger partial charge in [-0.05, 0) is 32.4 Å². The van der Waals surface area contributed by atoms with E-state index in [0.29, 0.717) is 5.41 Å². The van der Waals surface area contributed by atoms with Crippen LogP contribution < -0.4 is 0 Å². The molecule has 2 heterocycles. The van der Waals surface area contributed by atoms with Crippen molar-refractivity contribution in [1.82, 2.24) is 4.90 Å². The second-order valence-electron chi connectivity index (χ2n) is 4.73. The summed E-state index contributed by atoms with van der Waals surface area (Å²) in [5.74, 6) is 0. The molecule has 2 saturated heterocycles. The molecule has 0 aromatic carbocycles. The zero-order valence-electron chi connectivity index (χ0n) is 12.7. The van der Waals surface area contributed by atoms with E-state index >= 15 is 0 Å². The summed E-state index contributed by atoms with van der Waals surface area (Å²) in [6.45, 7) is 16.2. The summed E-state index contributed by atoms with van der Waals surface area (Å²) in [6.07, 6.45) is 5.46. The molecule has 1 spiro atoms. The highest BCUT2D eigenvalue weighted by molar-refractivity contribution is 4.91. The van der Waals surface area contributed by atoms with Crippen LogP contribution in [0.1, 0.15) is 60.3 Å². The van der Waals surface area contributed by atoms with Crippen molar-refractivity contribution in [1.29, 1.82) is 0 Å². The van der Waals surface area contributed by atoms with Crippen molar-refractivity contribution in [2.75, 3.05) is 32.8 Å². The molecule has 0 aromatic heterocycles. The lowest BCUT2D eigenvalue weighted by Gasteiger charge is -2.48. The topological polar surface area (TPSA) is 12.5 Å². The van der Waals surface area contributed by atoms with Crippen LogP contribution in [0.5, 0.6) is 0 Å². The largest absolute Gasteiger partial charge is 0.380 e. The number of piperidine rings is 1. The predicted octanol–water partition coefficient (Wildman–Crippen LogP) is 3.95. The Kier molecular flexibility index (Phi) is 9.85. The first kappa shape index (κ1) is 16.9. The van der Waals surface area contributed by atoms with Crippen LogP contribution in [0, 0.1) is 5.41 Å². The van der Waals surface area contributed by atoms with E-state index in [2.05, 4.69) is 11.8 Å². The molecule has 0 bridgehead atoms. The van der Waals surface area contributed by atoms with Crippen LogP contribution in [0.3, 0.4) is 0 Å². The molecule has 104 valence electrons. The molecule has 0 saturated carbocycles. The molecule has 0 atom stereocenters. The molecular weight excluding hydrogens is 210 g/mol. The third-order valence-electron chi connectivity index (χ3n) is 3.38. The highest BCUT2D eigenvalue weighted by Crippen LogP contribution is 2.36. The molecule has 0 radical (unpaired) electrons. The Morgan fingerprint density at radius 2 is 1.76 bits per heavy atom. The molecule has 17 heavy (non-hydrogen) atoms. The first-order valence-electron chi connectivity index (χ1n) is 7.65. The van der Waals surface area contributed by atoms with Crippen molar-refractivity contribution in [2.24, 2.45) is 5.41 Å². The normalized spacial score (nSPS) is 21.7. The fourth-order valence-electron chi connectivity index (χ4n) is 2.51. The maximum Gasteiger partial charge on any atom is 0.0557 e. The summed E-state index contributed by atoms with van der Waals surface area (Å²) in [6, 6.07) is 0. The highest BCUT2D eigenvalue weighted by atomic mass is 16.5. The minimum absolute atomic E-state index is 0.575. The molecule has 0 aromatic rings. The molecule has 2 fully saturated rings. The summed E-state index contributed by atoms with van der Waals surface area (Å²) < 4.78 is 5.34. The van der Waals surface area contributed by atoms with Gasteiger partial charge in [-0.15, -0.1) is 0 Å². The van der Waals surface area contributed by atoms with Gasteiger partial charge in [0, 0.05) is 12.0 Å². The quantitative estimate of drug-likeness (QED) is 0.744. The average Bonchev–Trinajstić information content (AvgIpc) is 2.39. The summed E-state index contributed by atoms with van der Waals surface area (Å²) in [4.78, 5) is 2.63. The Morgan fingerprint density at radius 1 is 1.12 bits per heavy atom. The van der Waals surface area contributed by atoms with E-state index in [4.69, 9.17) is 4.74 Å². The van der Waals surface area contributed by atoms with Crippen LogP contribution in [0.25, 0.3) is 0 Å². The lowest BCUT2D eigenvalue weighted by molar-refractivity contribution is -0.143. The standard InChI is InChI=1S/C11H21NO.2C2H6/c1-2-3-6-12-7-4-5-11(8-12)9-13-10-11;2*1-2/h2-10H2,1H3;2*1-2H3. The zero-order valence-corrected chi connectivity index (χ0v) is 12.7. The van der Waals surface area contributed by atoms with E-state index in [0.717, 1.165) is 13.2 Å². The number of nitrogens with zero attached hydrogens (tertiary/aromatic N) is 1. The molecule has 2 rings (SSSR count). The monoisotopic (exact) mass is 243 g/mol. The second kappa shape index (κ2) is 9.90. The van der Waals surface area contributed by atoms with Gasteiger partial charge in [0.25, 0.3) is 0 Å². The van der Waals surface area contributed by atoms with Crippen molar-refractivity contribution in [2.45, 2.75) is 60.3 Å². The Labute approximate surface area is 109 Å². The minimum Gasteiger partial charge on any atom is -0.380 e. The SMILES string of the molecule is CC.CC.CCCCN1CCCC2(COC2)C1. The zero-order chi connectivity index (χ0) is 13.1. The van der Waals surface area contributed by atoms with Crippen molar-refractivity contribution >= 4 is 0 Å². The molecule has 0 amide bonds. The number of likely N-dealkylation sites (tertiary alicyclic amines) is 1. The third-order valence-corrected chi connectivity index (χ3v) is 3.38. The fourth-order valence-corrected chi connectivity index (χ4v) is 2.51. The number of rotatable bonds is 3. The van der Waals surface area contributed by atoms with Crippen LogP contribution in [-0.2, 0) is 4.74 Å². The third kappa shape index (κ3) is 5.39. The Morgan fingerprint density at radius 3 is 2.24 bits per heavy atom. The summed E-state index contributed by atoms with van der Waals surface area (Å²) in [7, 11) is 0. The first-order valence-corrected chi connectivity index (χ1v) is 7.65. The van der Waals surface area contributed by atoms with E-state index in [9.17, 15) is 0 Å². The number of hydrogen-bond acceptors (Lipinski definition) is 2. The average molecular weight is 243 g/mol. The summed E-state index contributed by atoms with van der Waals surface area (Å²) in [5, 5.41) is 0. The molecule has 0 unspecified atom stereocenters. The molecule has 2 nitrogen and oxygen atoms in total. The maximum atomic E-state index is 5.34. The van der Waals surface area contributed by atoms with E-state index in [1.165, 1.54) is 45.3 Å². The molecule has 0 N–H and O–H groups in total. The van der Waals surface area contributed by atoms with E-state index < -0.39 is 0 Å². The van der Waals surface area contributed by atoms with Gasteiger partial charge in [-0.25, -0.2) is 0 Å². The van der Waals surface area contributed by atoms with Gasteiger partial charge in [-0.1, -0.05) is 41.0 Å². The smallest absolute Gasteiger partial charge is 0.0557 e. The van der Waals surface area contributed by atoms with Crippen LogP contribution in [0.4, 0.5) is 0 Å². The van der Waals surface area contributed by atoms with Crippen molar-refractivity contribution in [3.63, 3.8) is 0 Å². The van der Waals surface area contributed by atoms with Gasteiger partial charge in [-0.2, -0.15) is 0 Å². The van der Waals surface area contributed by atoms with E-state index in [1.54, 1.807) is 0 Å². The second-order valence-corrected chi connectivity index (χ2v) is 4.73. The maximum absolute atomic E-state index is 5.34. The molecular formula is C15H33NO. The Balaban J connectivity index is 0.000000581. The molecule has 2 heteroatoms. The minimum atomic E-state index is 0.575. The van der Waals surface area contributed by atoms with Crippen LogP contribution in [0.2, 0.25) is 0 Å². The van der Waals surface area contributed by atoms with Crippen LogP contribution in [-0.4, -0.2) is 37.7 Å². The van der Waals surface area contributed by atoms with Crippen LogP contribution in [0.15, 0.2) is 0 Å². The summed E-state index contributed by atoms with van der Waals surface area (Å²) in [5.41, 5.74) is 0.575. The van der Waals surface area contributed by atoms with Crippen molar-refractivity contribution < 1.29 is 4.74 Å². The van der Waals surface area contributed by atoms with Crippen molar-refractivity contribution in [3.8, 4) is 0 Å². The van der Waals surface area contributed by atoms with Crippen LogP contribution >= 0.6 is 0 Å². The van der Waals surface area contributed by atoms with Gasteiger partial charge in [-0.3, -0.25) is 0 Å². The van der Waals surface area contributed by atoms with Gasteiger partial charge < -0.3 is 9.64 Å². The number of ether oxygens (including phenoxy) is 1. The fraction of sp³-hybridized carbons (Fsp3) is 1.00. The Hall–Kier alpha value is -0.0800.